The van der Waals surface area contributed by atoms with Crippen LogP contribution in [-0.4, -0.2) is 15.5 Å². The summed E-state index contributed by atoms with van der Waals surface area (Å²) in [4.78, 5) is 15.2. The molecular weight excluding hydrogens is 178 g/mol. The van der Waals surface area contributed by atoms with Gasteiger partial charge in [0.05, 0.1) is 12.0 Å². The topological polar surface area (TPSA) is 60.9 Å². The standard InChI is InChI=1S/C10H17N3O/c1-6(2)9-8(10(11)14)12-5-13(9)7(3)4/h5-7H,1-4H3,(H2,11,14). The zero-order chi connectivity index (χ0) is 10.9. The summed E-state index contributed by atoms with van der Waals surface area (Å²) in [6.45, 7) is 8.17. The SMILES string of the molecule is CC(C)c1c(C(N)=O)ncn1C(C)C. The first-order chi connectivity index (χ1) is 6.45. The van der Waals surface area contributed by atoms with Crippen LogP contribution in [-0.2, 0) is 0 Å². The minimum Gasteiger partial charge on any atom is -0.364 e. The van der Waals surface area contributed by atoms with E-state index < -0.39 is 5.91 Å². The lowest BCUT2D eigenvalue weighted by Gasteiger charge is -2.14. The van der Waals surface area contributed by atoms with E-state index >= 15 is 0 Å². The first-order valence-electron chi connectivity index (χ1n) is 4.81. The zero-order valence-electron chi connectivity index (χ0n) is 9.11. The number of carbonyl (C=O) groups is 1. The predicted octanol–water partition coefficient (Wildman–Crippen LogP) is 1.69. The zero-order valence-corrected chi connectivity index (χ0v) is 9.11. The van der Waals surface area contributed by atoms with Crippen LogP contribution in [0, 0.1) is 0 Å². The quantitative estimate of drug-likeness (QED) is 0.797. The molecule has 0 aliphatic carbocycles. The number of carbonyl (C=O) groups excluding carboxylic acids is 1. The van der Waals surface area contributed by atoms with E-state index in [0.29, 0.717) is 11.7 Å². The summed E-state index contributed by atoms with van der Waals surface area (Å²) < 4.78 is 1.99. The Morgan fingerprint density at radius 3 is 2.36 bits per heavy atom. The third-order valence-electron chi connectivity index (χ3n) is 2.17. The van der Waals surface area contributed by atoms with Crippen LogP contribution >= 0.6 is 0 Å². The van der Waals surface area contributed by atoms with Gasteiger partial charge in [-0.25, -0.2) is 4.98 Å². The van der Waals surface area contributed by atoms with Gasteiger partial charge < -0.3 is 10.3 Å². The highest BCUT2D eigenvalue weighted by Crippen LogP contribution is 2.21. The number of nitrogens with two attached hydrogens (primary N) is 1. The van der Waals surface area contributed by atoms with Crippen molar-refractivity contribution >= 4 is 5.91 Å². The second-order valence-electron chi connectivity index (χ2n) is 4.00. The average molecular weight is 195 g/mol. The van der Waals surface area contributed by atoms with Gasteiger partial charge in [-0.1, -0.05) is 13.8 Å². The van der Waals surface area contributed by atoms with Crippen molar-refractivity contribution in [2.24, 2.45) is 5.73 Å². The molecule has 0 aliphatic rings. The molecule has 0 spiro atoms. The lowest BCUT2D eigenvalue weighted by molar-refractivity contribution is 0.0994. The second kappa shape index (κ2) is 3.82. The molecule has 0 radical (unpaired) electrons. The molecule has 1 aromatic rings. The van der Waals surface area contributed by atoms with Crippen LogP contribution in [0.5, 0.6) is 0 Å². The number of hydrogen-bond acceptors (Lipinski definition) is 2. The normalized spacial score (nSPS) is 11.3. The minimum atomic E-state index is -0.451. The maximum Gasteiger partial charge on any atom is 0.269 e. The largest absolute Gasteiger partial charge is 0.364 e. The van der Waals surface area contributed by atoms with E-state index in [-0.39, 0.29) is 5.92 Å². The highest BCUT2D eigenvalue weighted by Gasteiger charge is 2.19. The van der Waals surface area contributed by atoms with Crippen LogP contribution in [0.4, 0.5) is 0 Å². The number of hydrogen-bond donors (Lipinski definition) is 1. The fraction of sp³-hybridized carbons (Fsp3) is 0.600. The van der Waals surface area contributed by atoms with E-state index in [2.05, 4.69) is 18.8 Å². The van der Waals surface area contributed by atoms with Gasteiger partial charge >= 0.3 is 0 Å². The first kappa shape index (κ1) is 10.8. The maximum absolute atomic E-state index is 11.1. The molecular formula is C10H17N3O. The molecule has 0 atom stereocenters. The van der Waals surface area contributed by atoms with Gasteiger partial charge in [0, 0.05) is 6.04 Å². The molecule has 1 amide bonds. The molecule has 14 heavy (non-hydrogen) atoms. The molecule has 4 heteroatoms. The third kappa shape index (κ3) is 1.78. The van der Waals surface area contributed by atoms with Gasteiger partial charge in [-0.05, 0) is 19.8 Å². The third-order valence-corrected chi connectivity index (χ3v) is 2.17. The fourth-order valence-corrected chi connectivity index (χ4v) is 1.54. The summed E-state index contributed by atoms with van der Waals surface area (Å²) in [5.41, 5.74) is 6.57. The van der Waals surface area contributed by atoms with E-state index in [1.165, 1.54) is 0 Å². The fourth-order valence-electron chi connectivity index (χ4n) is 1.54. The van der Waals surface area contributed by atoms with Crippen LogP contribution in [0.2, 0.25) is 0 Å². The van der Waals surface area contributed by atoms with E-state index in [0.717, 1.165) is 5.69 Å². The molecule has 0 fully saturated rings. The Morgan fingerprint density at radius 1 is 1.43 bits per heavy atom. The van der Waals surface area contributed by atoms with Gasteiger partial charge in [0.1, 0.15) is 5.69 Å². The molecule has 0 saturated carbocycles. The molecule has 1 heterocycles. The Labute approximate surface area is 84.1 Å². The van der Waals surface area contributed by atoms with E-state index in [9.17, 15) is 4.79 Å². The highest BCUT2D eigenvalue weighted by atomic mass is 16.1. The minimum absolute atomic E-state index is 0.252. The van der Waals surface area contributed by atoms with Crippen LogP contribution in [0.3, 0.4) is 0 Å². The summed E-state index contributed by atoms with van der Waals surface area (Å²) in [5, 5.41) is 0. The summed E-state index contributed by atoms with van der Waals surface area (Å²) in [6.07, 6.45) is 1.68. The monoisotopic (exact) mass is 195 g/mol. The molecule has 0 saturated heterocycles. The number of nitrogens with zero attached hydrogens (tertiary/aromatic N) is 2. The number of primary amides is 1. The predicted molar refractivity (Wildman–Crippen MR) is 55.2 cm³/mol. The van der Waals surface area contributed by atoms with Crippen LogP contribution in [0.25, 0.3) is 0 Å². The molecule has 1 aromatic heterocycles. The molecule has 4 nitrogen and oxygen atoms in total. The van der Waals surface area contributed by atoms with Crippen molar-refractivity contribution in [2.45, 2.75) is 39.7 Å². The Balaban J connectivity index is 3.27. The van der Waals surface area contributed by atoms with Gasteiger partial charge in [0.15, 0.2) is 0 Å². The molecule has 0 aromatic carbocycles. The van der Waals surface area contributed by atoms with Crippen molar-refractivity contribution in [1.82, 2.24) is 9.55 Å². The van der Waals surface area contributed by atoms with Crippen LogP contribution < -0.4 is 5.73 Å². The molecule has 1 rings (SSSR count). The highest BCUT2D eigenvalue weighted by molar-refractivity contribution is 5.92. The summed E-state index contributed by atoms with van der Waals surface area (Å²) >= 11 is 0. The Hall–Kier alpha value is -1.32. The molecule has 0 bridgehead atoms. The Bertz CT molecular complexity index is 339. The molecule has 0 aliphatic heterocycles. The van der Waals surface area contributed by atoms with Crippen LogP contribution in [0.15, 0.2) is 6.33 Å². The van der Waals surface area contributed by atoms with E-state index in [1.54, 1.807) is 6.33 Å². The second-order valence-corrected chi connectivity index (χ2v) is 4.00. The number of aromatic nitrogens is 2. The van der Waals surface area contributed by atoms with Crippen molar-refractivity contribution in [3.63, 3.8) is 0 Å². The Morgan fingerprint density at radius 2 is 2.00 bits per heavy atom. The van der Waals surface area contributed by atoms with Crippen molar-refractivity contribution in [3.8, 4) is 0 Å². The average Bonchev–Trinajstić information content (AvgIpc) is 2.46. The Kier molecular flexibility index (Phi) is 2.93. The van der Waals surface area contributed by atoms with Gasteiger partial charge in [-0.2, -0.15) is 0 Å². The number of rotatable bonds is 3. The van der Waals surface area contributed by atoms with Crippen molar-refractivity contribution < 1.29 is 4.79 Å². The summed E-state index contributed by atoms with van der Waals surface area (Å²) in [7, 11) is 0. The molecule has 78 valence electrons. The van der Waals surface area contributed by atoms with Crippen molar-refractivity contribution in [2.75, 3.05) is 0 Å². The lowest BCUT2D eigenvalue weighted by Crippen LogP contribution is -2.16. The number of amides is 1. The van der Waals surface area contributed by atoms with Crippen LogP contribution in [0.1, 0.15) is 55.8 Å². The lowest BCUT2D eigenvalue weighted by atomic mass is 10.1. The van der Waals surface area contributed by atoms with Gasteiger partial charge in [-0.15, -0.1) is 0 Å². The molecule has 2 N–H and O–H groups in total. The molecule has 0 unspecified atom stereocenters. The smallest absolute Gasteiger partial charge is 0.269 e. The van der Waals surface area contributed by atoms with Gasteiger partial charge in [0.2, 0.25) is 0 Å². The first-order valence-corrected chi connectivity index (χ1v) is 4.81. The van der Waals surface area contributed by atoms with E-state index in [4.69, 9.17) is 5.73 Å². The summed E-state index contributed by atoms with van der Waals surface area (Å²) in [6, 6.07) is 0.299. The van der Waals surface area contributed by atoms with Gasteiger partial charge in [-0.3, -0.25) is 4.79 Å². The maximum atomic E-state index is 11.1. The van der Waals surface area contributed by atoms with Gasteiger partial charge in [0.25, 0.3) is 5.91 Å². The van der Waals surface area contributed by atoms with E-state index in [1.807, 2.05) is 18.4 Å². The summed E-state index contributed by atoms with van der Waals surface area (Å²) in [5.74, 6) is -0.199. The van der Waals surface area contributed by atoms with Crippen molar-refractivity contribution in [1.29, 1.82) is 0 Å². The van der Waals surface area contributed by atoms with Crippen molar-refractivity contribution in [3.05, 3.63) is 17.7 Å². The number of imidazole rings is 1.